The molecule has 0 aliphatic rings. The van der Waals surface area contributed by atoms with Gasteiger partial charge in [0.05, 0.1) is 11.2 Å². The van der Waals surface area contributed by atoms with Gasteiger partial charge in [0.2, 0.25) is 0 Å². The second kappa shape index (κ2) is 3.69. The number of hydrogen-bond donors (Lipinski definition) is 0. The lowest BCUT2D eigenvalue weighted by Crippen LogP contribution is -2.00. The Balaban J connectivity index is 2.74. The Morgan fingerprint density at radius 3 is 2.93 bits per heavy atom. The zero-order valence-electron chi connectivity index (χ0n) is 7.80. The van der Waals surface area contributed by atoms with Crippen molar-refractivity contribution in [2.45, 2.75) is 18.8 Å². The molecule has 0 bridgehead atoms. The third-order valence-corrected chi connectivity index (χ3v) is 2.77. The van der Waals surface area contributed by atoms with E-state index in [1.54, 1.807) is 6.07 Å². The number of aromatic nitrogens is 2. The summed E-state index contributed by atoms with van der Waals surface area (Å²) in [5.41, 5.74) is 1.88. The summed E-state index contributed by atoms with van der Waals surface area (Å²) in [5.74, 6) is -0.213. The molecule has 0 radical (unpaired) electrons. The minimum Gasteiger partial charge on any atom is -0.268 e. The van der Waals surface area contributed by atoms with Crippen molar-refractivity contribution in [2.24, 2.45) is 0 Å². The van der Waals surface area contributed by atoms with E-state index in [9.17, 15) is 4.39 Å². The molecule has 0 atom stereocenters. The molecule has 0 spiro atoms. The number of alkyl halides is 1. The average Bonchev–Trinajstić information content (AvgIpc) is 2.54. The Kier molecular flexibility index (Phi) is 2.54. The molecule has 0 aliphatic carbocycles. The molecule has 0 unspecified atom stereocenters. The highest BCUT2D eigenvalue weighted by Gasteiger charge is 2.09. The van der Waals surface area contributed by atoms with Crippen molar-refractivity contribution < 1.29 is 4.39 Å². The van der Waals surface area contributed by atoms with Crippen LogP contribution in [0, 0.1) is 5.82 Å². The number of nitrogens with zero attached hydrogens (tertiary/aromatic N) is 2. The lowest BCUT2D eigenvalue weighted by atomic mass is 10.2. The summed E-state index contributed by atoms with van der Waals surface area (Å²) in [6.07, 6.45) is 0. The molecule has 2 rings (SSSR count). The van der Waals surface area contributed by atoms with Crippen molar-refractivity contribution in [1.82, 2.24) is 9.78 Å². The van der Waals surface area contributed by atoms with Crippen LogP contribution in [0.25, 0.3) is 10.9 Å². The Morgan fingerprint density at radius 2 is 2.29 bits per heavy atom. The number of fused-ring (bicyclic) bond motifs is 1. The van der Waals surface area contributed by atoms with Gasteiger partial charge in [-0.25, -0.2) is 4.39 Å². The first kappa shape index (κ1) is 9.65. The molecule has 74 valence electrons. The largest absolute Gasteiger partial charge is 0.268 e. The molecular weight excluding hydrogens is 247 g/mol. The number of benzene rings is 1. The van der Waals surface area contributed by atoms with Crippen molar-refractivity contribution >= 4 is 26.8 Å². The first-order valence-electron chi connectivity index (χ1n) is 4.47. The second-order valence-corrected chi connectivity index (χ2v) is 3.62. The number of aryl methyl sites for hydroxylation is 1. The molecule has 1 aromatic heterocycles. The van der Waals surface area contributed by atoms with Crippen LogP contribution in [0.3, 0.4) is 0 Å². The quantitative estimate of drug-likeness (QED) is 0.756. The maximum Gasteiger partial charge on any atom is 0.124 e. The normalized spacial score (nSPS) is 11.1. The molecule has 0 saturated heterocycles. The van der Waals surface area contributed by atoms with Crippen molar-refractivity contribution in [3.63, 3.8) is 0 Å². The summed E-state index contributed by atoms with van der Waals surface area (Å²) in [4.78, 5) is 0. The van der Waals surface area contributed by atoms with Crippen LogP contribution in [-0.2, 0) is 11.9 Å². The van der Waals surface area contributed by atoms with E-state index in [1.165, 1.54) is 12.1 Å². The van der Waals surface area contributed by atoms with E-state index in [4.69, 9.17) is 0 Å². The molecule has 0 N–H and O–H groups in total. The highest BCUT2D eigenvalue weighted by atomic mass is 79.9. The third kappa shape index (κ3) is 1.43. The zero-order valence-corrected chi connectivity index (χ0v) is 9.38. The van der Waals surface area contributed by atoms with Crippen LogP contribution in [-0.4, -0.2) is 9.78 Å². The van der Waals surface area contributed by atoms with Crippen LogP contribution in [0.2, 0.25) is 0 Å². The first-order chi connectivity index (χ1) is 6.76. The summed E-state index contributed by atoms with van der Waals surface area (Å²) < 4.78 is 14.9. The van der Waals surface area contributed by atoms with Gasteiger partial charge in [-0.15, -0.1) is 0 Å². The topological polar surface area (TPSA) is 17.8 Å². The first-order valence-corrected chi connectivity index (χ1v) is 5.59. The molecule has 0 saturated carbocycles. The van der Waals surface area contributed by atoms with Crippen molar-refractivity contribution in [2.75, 3.05) is 0 Å². The minimum absolute atomic E-state index is 0.213. The molecule has 4 heteroatoms. The fourth-order valence-corrected chi connectivity index (χ4v) is 2.15. The standard InChI is InChI=1S/C10H10BrFN2/c1-2-14-10(6-11)8-5-7(12)3-4-9(8)13-14/h3-5H,2,6H2,1H3. The molecule has 1 heterocycles. The Morgan fingerprint density at radius 1 is 1.50 bits per heavy atom. The van der Waals surface area contributed by atoms with Gasteiger partial charge in [0.25, 0.3) is 0 Å². The lowest BCUT2D eigenvalue weighted by Gasteiger charge is -1.99. The Hall–Kier alpha value is -0.900. The fourth-order valence-electron chi connectivity index (χ4n) is 1.56. The van der Waals surface area contributed by atoms with E-state index >= 15 is 0 Å². The molecule has 14 heavy (non-hydrogen) atoms. The van der Waals surface area contributed by atoms with Crippen molar-refractivity contribution in [1.29, 1.82) is 0 Å². The predicted molar refractivity (Wildman–Crippen MR) is 58.0 cm³/mol. The van der Waals surface area contributed by atoms with Crippen molar-refractivity contribution in [3.05, 3.63) is 29.7 Å². The van der Waals surface area contributed by atoms with Crippen LogP contribution >= 0.6 is 15.9 Å². The van der Waals surface area contributed by atoms with Gasteiger partial charge >= 0.3 is 0 Å². The maximum absolute atomic E-state index is 13.0. The fraction of sp³-hybridized carbons (Fsp3) is 0.300. The van der Waals surface area contributed by atoms with Crippen LogP contribution < -0.4 is 0 Å². The van der Waals surface area contributed by atoms with E-state index in [0.717, 1.165) is 23.1 Å². The van der Waals surface area contributed by atoms with Crippen LogP contribution in [0.15, 0.2) is 18.2 Å². The molecule has 2 aromatic rings. The molecule has 1 aromatic carbocycles. The van der Waals surface area contributed by atoms with Gasteiger partial charge in [-0.3, -0.25) is 4.68 Å². The summed E-state index contributed by atoms with van der Waals surface area (Å²) >= 11 is 3.39. The van der Waals surface area contributed by atoms with Gasteiger partial charge in [-0.2, -0.15) is 5.10 Å². The van der Waals surface area contributed by atoms with E-state index < -0.39 is 0 Å². The third-order valence-electron chi connectivity index (χ3n) is 2.24. The summed E-state index contributed by atoms with van der Waals surface area (Å²) in [6.45, 7) is 2.83. The van der Waals surface area contributed by atoms with E-state index in [1.807, 2.05) is 11.6 Å². The molecule has 0 amide bonds. The van der Waals surface area contributed by atoms with Gasteiger partial charge in [-0.1, -0.05) is 15.9 Å². The van der Waals surface area contributed by atoms with E-state index in [-0.39, 0.29) is 5.82 Å². The van der Waals surface area contributed by atoms with E-state index in [2.05, 4.69) is 21.0 Å². The average molecular weight is 257 g/mol. The molecule has 0 aliphatic heterocycles. The lowest BCUT2D eigenvalue weighted by molar-refractivity contribution is 0.629. The number of hydrogen-bond acceptors (Lipinski definition) is 1. The zero-order chi connectivity index (χ0) is 10.1. The monoisotopic (exact) mass is 256 g/mol. The summed E-state index contributed by atoms with van der Waals surface area (Å²) in [6, 6.07) is 4.68. The van der Waals surface area contributed by atoms with Gasteiger partial charge in [0, 0.05) is 17.3 Å². The Labute approximate surface area is 89.8 Å². The summed E-state index contributed by atoms with van der Waals surface area (Å²) in [7, 11) is 0. The molecule has 0 fully saturated rings. The van der Waals surface area contributed by atoms with Gasteiger partial charge in [-0.05, 0) is 25.1 Å². The minimum atomic E-state index is -0.213. The number of halogens is 2. The van der Waals surface area contributed by atoms with Crippen LogP contribution in [0.5, 0.6) is 0 Å². The van der Waals surface area contributed by atoms with Crippen molar-refractivity contribution in [3.8, 4) is 0 Å². The van der Waals surface area contributed by atoms with E-state index in [0.29, 0.717) is 5.33 Å². The van der Waals surface area contributed by atoms with Gasteiger partial charge in [0.15, 0.2) is 0 Å². The smallest absolute Gasteiger partial charge is 0.124 e. The predicted octanol–water partition coefficient (Wildman–Crippen LogP) is 3.09. The molecule has 2 nitrogen and oxygen atoms in total. The van der Waals surface area contributed by atoms with Crippen LogP contribution in [0.4, 0.5) is 4.39 Å². The second-order valence-electron chi connectivity index (χ2n) is 3.06. The SMILES string of the molecule is CCn1nc2ccc(F)cc2c1CBr. The van der Waals surface area contributed by atoms with Crippen LogP contribution in [0.1, 0.15) is 12.6 Å². The maximum atomic E-state index is 13.0. The van der Waals surface area contributed by atoms with Gasteiger partial charge < -0.3 is 0 Å². The molecular formula is C10H10BrFN2. The highest BCUT2D eigenvalue weighted by molar-refractivity contribution is 9.08. The number of rotatable bonds is 2. The van der Waals surface area contributed by atoms with Gasteiger partial charge in [0.1, 0.15) is 5.82 Å². The Bertz CT molecular complexity index is 464. The summed E-state index contributed by atoms with van der Waals surface area (Å²) in [5, 5.41) is 5.95. The highest BCUT2D eigenvalue weighted by Crippen LogP contribution is 2.21.